The topological polar surface area (TPSA) is 29.5 Å². The number of aliphatic hydroxyl groups is 1. The van der Waals surface area contributed by atoms with Gasteiger partial charge in [0.05, 0.1) is 6.61 Å². The van der Waals surface area contributed by atoms with Crippen molar-refractivity contribution in [3.05, 3.63) is 57.8 Å². The van der Waals surface area contributed by atoms with E-state index in [1.165, 1.54) is 6.07 Å². The van der Waals surface area contributed by atoms with E-state index in [9.17, 15) is 4.39 Å². The predicted octanol–water partition coefficient (Wildman–Crippen LogP) is 4.18. The maximum Gasteiger partial charge on any atom is 0.165 e. The summed E-state index contributed by atoms with van der Waals surface area (Å²) in [6.45, 7) is 1.83. The van der Waals surface area contributed by atoms with Crippen LogP contribution in [0.25, 0.3) is 0 Å². The Labute approximate surface area is 113 Å². The summed E-state index contributed by atoms with van der Waals surface area (Å²) in [6, 6.07) is 9.82. The molecular formula is C14H12BrFO2. The molecule has 0 amide bonds. The van der Waals surface area contributed by atoms with Crippen LogP contribution in [0.1, 0.15) is 11.1 Å². The van der Waals surface area contributed by atoms with Crippen molar-refractivity contribution < 1.29 is 14.2 Å². The first kappa shape index (κ1) is 13.1. The van der Waals surface area contributed by atoms with Gasteiger partial charge in [0.15, 0.2) is 11.6 Å². The van der Waals surface area contributed by atoms with Crippen molar-refractivity contribution in [3.8, 4) is 11.5 Å². The smallest absolute Gasteiger partial charge is 0.165 e. The number of aliphatic hydroxyl groups excluding tert-OH is 1. The Bertz CT molecular complexity index is 570. The van der Waals surface area contributed by atoms with Crippen LogP contribution in [0.3, 0.4) is 0 Å². The fourth-order valence-corrected chi connectivity index (χ4v) is 1.94. The Hall–Kier alpha value is -1.39. The van der Waals surface area contributed by atoms with Crippen LogP contribution in [0.4, 0.5) is 4.39 Å². The lowest BCUT2D eigenvalue weighted by atomic mass is 10.1. The largest absolute Gasteiger partial charge is 0.454 e. The zero-order chi connectivity index (χ0) is 13.1. The molecule has 94 valence electrons. The summed E-state index contributed by atoms with van der Waals surface area (Å²) in [4.78, 5) is 0. The number of rotatable bonds is 3. The minimum absolute atomic E-state index is 0.0215. The Morgan fingerprint density at radius 2 is 1.94 bits per heavy atom. The number of halogens is 2. The second-order valence-electron chi connectivity index (χ2n) is 3.93. The van der Waals surface area contributed by atoms with Gasteiger partial charge < -0.3 is 9.84 Å². The highest BCUT2D eigenvalue weighted by Gasteiger charge is 2.07. The van der Waals surface area contributed by atoms with Gasteiger partial charge in [-0.15, -0.1) is 0 Å². The lowest BCUT2D eigenvalue weighted by Crippen LogP contribution is -1.92. The van der Waals surface area contributed by atoms with E-state index in [0.29, 0.717) is 5.75 Å². The average Bonchev–Trinajstić information content (AvgIpc) is 2.36. The number of ether oxygens (including phenoxy) is 1. The highest BCUT2D eigenvalue weighted by Crippen LogP contribution is 2.29. The van der Waals surface area contributed by atoms with Gasteiger partial charge in [0, 0.05) is 4.47 Å². The molecule has 0 spiro atoms. The number of hydrogen-bond donors (Lipinski definition) is 1. The van der Waals surface area contributed by atoms with Crippen LogP contribution in [0, 0.1) is 12.7 Å². The molecule has 0 aromatic heterocycles. The Balaban J connectivity index is 2.31. The molecule has 4 heteroatoms. The van der Waals surface area contributed by atoms with Crippen molar-refractivity contribution in [1.82, 2.24) is 0 Å². The molecule has 0 radical (unpaired) electrons. The normalized spacial score (nSPS) is 10.4. The van der Waals surface area contributed by atoms with Gasteiger partial charge in [-0.2, -0.15) is 0 Å². The first-order valence-corrected chi connectivity index (χ1v) is 6.23. The lowest BCUT2D eigenvalue weighted by Gasteiger charge is -2.10. The van der Waals surface area contributed by atoms with E-state index < -0.39 is 5.82 Å². The molecule has 0 unspecified atom stereocenters. The third kappa shape index (κ3) is 2.89. The number of hydrogen-bond acceptors (Lipinski definition) is 2. The molecule has 0 bridgehead atoms. The molecule has 0 heterocycles. The second-order valence-corrected chi connectivity index (χ2v) is 4.85. The first-order chi connectivity index (χ1) is 8.60. The van der Waals surface area contributed by atoms with Crippen molar-refractivity contribution >= 4 is 15.9 Å². The fraction of sp³-hybridized carbons (Fsp3) is 0.143. The van der Waals surface area contributed by atoms with Crippen molar-refractivity contribution in [2.75, 3.05) is 0 Å². The van der Waals surface area contributed by atoms with E-state index in [-0.39, 0.29) is 12.4 Å². The number of benzene rings is 2. The molecule has 18 heavy (non-hydrogen) atoms. The molecule has 0 fully saturated rings. The van der Waals surface area contributed by atoms with E-state index in [4.69, 9.17) is 9.84 Å². The van der Waals surface area contributed by atoms with Crippen LogP contribution < -0.4 is 4.74 Å². The van der Waals surface area contributed by atoms with Crippen molar-refractivity contribution in [1.29, 1.82) is 0 Å². The quantitative estimate of drug-likeness (QED) is 0.921. The lowest BCUT2D eigenvalue weighted by molar-refractivity contribution is 0.281. The highest BCUT2D eigenvalue weighted by molar-refractivity contribution is 9.10. The highest BCUT2D eigenvalue weighted by atomic mass is 79.9. The monoisotopic (exact) mass is 310 g/mol. The summed E-state index contributed by atoms with van der Waals surface area (Å²) in [5.74, 6) is 0.331. The second kappa shape index (κ2) is 5.50. The van der Waals surface area contributed by atoms with E-state index in [1.54, 1.807) is 24.3 Å². The molecule has 0 aliphatic carbocycles. The van der Waals surface area contributed by atoms with E-state index in [2.05, 4.69) is 15.9 Å². The average molecular weight is 311 g/mol. The molecule has 0 aliphatic heterocycles. The summed E-state index contributed by atoms with van der Waals surface area (Å²) in [5, 5.41) is 9.02. The van der Waals surface area contributed by atoms with Gasteiger partial charge in [-0.25, -0.2) is 4.39 Å². The van der Waals surface area contributed by atoms with Crippen molar-refractivity contribution in [2.24, 2.45) is 0 Å². The van der Waals surface area contributed by atoms with Gasteiger partial charge in [-0.3, -0.25) is 0 Å². The molecule has 0 aliphatic rings. The summed E-state index contributed by atoms with van der Waals surface area (Å²) in [7, 11) is 0. The zero-order valence-electron chi connectivity index (χ0n) is 9.78. The van der Waals surface area contributed by atoms with Crippen LogP contribution >= 0.6 is 15.9 Å². The fourth-order valence-electron chi connectivity index (χ4n) is 1.60. The molecule has 0 saturated heterocycles. The molecular weight excluding hydrogens is 299 g/mol. The van der Waals surface area contributed by atoms with Crippen LogP contribution in [-0.2, 0) is 6.61 Å². The summed E-state index contributed by atoms with van der Waals surface area (Å²) in [6.07, 6.45) is 0. The van der Waals surface area contributed by atoms with Gasteiger partial charge >= 0.3 is 0 Å². The number of aryl methyl sites for hydroxylation is 1. The van der Waals surface area contributed by atoms with Crippen molar-refractivity contribution in [2.45, 2.75) is 13.5 Å². The van der Waals surface area contributed by atoms with Gasteiger partial charge in [0.1, 0.15) is 5.75 Å². The molecule has 1 N–H and O–H groups in total. The van der Waals surface area contributed by atoms with Crippen LogP contribution in [-0.4, -0.2) is 5.11 Å². The third-order valence-corrected chi connectivity index (χ3v) is 3.03. The van der Waals surface area contributed by atoms with E-state index >= 15 is 0 Å². The molecule has 0 atom stereocenters. The Kier molecular flexibility index (Phi) is 3.99. The van der Waals surface area contributed by atoms with E-state index in [1.807, 2.05) is 13.0 Å². The van der Waals surface area contributed by atoms with Crippen LogP contribution in [0.2, 0.25) is 0 Å². The maximum atomic E-state index is 13.5. The molecule has 2 aromatic rings. The summed E-state index contributed by atoms with van der Waals surface area (Å²) >= 11 is 3.27. The third-order valence-electron chi connectivity index (χ3n) is 2.54. The zero-order valence-corrected chi connectivity index (χ0v) is 11.4. The predicted molar refractivity (Wildman–Crippen MR) is 71.3 cm³/mol. The minimum atomic E-state index is -0.413. The SMILES string of the molecule is Cc1cc(CO)ccc1Oc1cc(Br)ccc1F. The standard InChI is InChI=1S/C14H12BrFO2/c1-9-6-10(8-17)2-5-13(9)18-14-7-11(15)3-4-12(14)16/h2-7,17H,8H2,1H3. The Morgan fingerprint density at radius 3 is 2.61 bits per heavy atom. The van der Waals surface area contributed by atoms with Gasteiger partial charge in [0.2, 0.25) is 0 Å². The molecule has 0 saturated carbocycles. The first-order valence-electron chi connectivity index (χ1n) is 5.43. The Morgan fingerprint density at radius 1 is 1.17 bits per heavy atom. The van der Waals surface area contributed by atoms with Crippen LogP contribution in [0.15, 0.2) is 40.9 Å². The molecule has 2 aromatic carbocycles. The molecule has 2 rings (SSSR count). The van der Waals surface area contributed by atoms with Gasteiger partial charge in [-0.05, 0) is 42.3 Å². The van der Waals surface area contributed by atoms with Crippen LogP contribution in [0.5, 0.6) is 11.5 Å². The minimum Gasteiger partial charge on any atom is -0.454 e. The van der Waals surface area contributed by atoms with Gasteiger partial charge in [-0.1, -0.05) is 28.1 Å². The summed E-state index contributed by atoms with van der Waals surface area (Å²) in [5.41, 5.74) is 1.65. The summed E-state index contributed by atoms with van der Waals surface area (Å²) < 4.78 is 19.8. The van der Waals surface area contributed by atoms with E-state index in [0.717, 1.165) is 15.6 Å². The van der Waals surface area contributed by atoms with Gasteiger partial charge in [0.25, 0.3) is 0 Å². The van der Waals surface area contributed by atoms with Crippen molar-refractivity contribution in [3.63, 3.8) is 0 Å². The maximum absolute atomic E-state index is 13.5. The molecule has 2 nitrogen and oxygen atoms in total.